The molecular formula is C16H24N4. The maximum Gasteiger partial charge on any atom is 0.130 e. The summed E-state index contributed by atoms with van der Waals surface area (Å²) >= 11 is 0. The Morgan fingerprint density at radius 3 is 2.75 bits per heavy atom. The van der Waals surface area contributed by atoms with Gasteiger partial charge in [0.25, 0.3) is 0 Å². The molecule has 1 fully saturated rings. The number of nitrogens with zero attached hydrogens (tertiary/aromatic N) is 3. The zero-order valence-corrected chi connectivity index (χ0v) is 12.9. The summed E-state index contributed by atoms with van der Waals surface area (Å²) in [5.74, 6) is 1.15. The molecule has 1 aliphatic heterocycles. The highest BCUT2D eigenvalue weighted by Gasteiger charge is 2.36. The van der Waals surface area contributed by atoms with Gasteiger partial charge in [-0.15, -0.1) is 0 Å². The van der Waals surface area contributed by atoms with Gasteiger partial charge in [0.15, 0.2) is 0 Å². The first kappa shape index (κ1) is 13.6. The molecule has 0 bridgehead atoms. The van der Waals surface area contributed by atoms with Gasteiger partial charge in [0.05, 0.1) is 17.3 Å². The minimum atomic E-state index is -0.0372. The lowest BCUT2D eigenvalue weighted by molar-refractivity contribution is 0.243. The topological polar surface area (TPSA) is 42.7 Å². The molecule has 0 spiro atoms. The zero-order chi connectivity index (χ0) is 14.4. The van der Waals surface area contributed by atoms with E-state index in [-0.39, 0.29) is 11.1 Å². The van der Waals surface area contributed by atoms with Crippen LogP contribution < -0.4 is 5.32 Å². The molecule has 1 aliphatic rings. The van der Waals surface area contributed by atoms with Crippen molar-refractivity contribution in [3.8, 4) is 0 Å². The van der Waals surface area contributed by atoms with E-state index in [4.69, 9.17) is 4.98 Å². The van der Waals surface area contributed by atoms with E-state index in [1.165, 1.54) is 18.4 Å². The molecule has 1 unspecified atom stereocenters. The van der Waals surface area contributed by atoms with Gasteiger partial charge in [-0.3, -0.25) is 4.98 Å². The maximum absolute atomic E-state index is 4.91. The highest BCUT2D eigenvalue weighted by atomic mass is 15.2. The average molecular weight is 272 g/mol. The molecule has 0 saturated carbocycles. The third-order valence-corrected chi connectivity index (χ3v) is 4.24. The van der Waals surface area contributed by atoms with Crippen LogP contribution in [-0.2, 0) is 11.1 Å². The third-order valence-electron chi connectivity index (χ3n) is 4.24. The molecule has 108 valence electrons. The lowest BCUT2D eigenvalue weighted by Gasteiger charge is -2.37. The van der Waals surface area contributed by atoms with Crippen LogP contribution in [0.4, 0.5) is 0 Å². The number of fused-ring (bicyclic) bond motifs is 1. The number of pyridine rings is 1. The fraction of sp³-hybridized carbons (Fsp3) is 0.625. The van der Waals surface area contributed by atoms with Gasteiger partial charge < -0.3 is 9.88 Å². The molecule has 4 nitrogen and oxygen atoms in total. The summed E-state index contributed by atoms with van der Waals surface area (Å²) in [4.78, 5) is 9.13. The van der Waals surface area contributed by atoms with Crippen molar-refractivity contribution in [3.63, 3.8) is 0 Å². The largest absolute Gasteiger partial charge is 0.321 e. The molecular weight excluding hydrogens is 248 g/mol. The summed E-state index contributed by atoms with van der Waals surface area (Å²) in [5, 5.41) is 3.68. The highest BCUT2D eigenvalue weighted by molar-refractivity contribution is 5.75. The summed E-state index contributed by atoms with van der Waals surface area (Å²) in [7, 11) is 0. The van der Waals surface area contributed by atoms with E-state index in [1.54, 1.807) is 0 Å². The molecule has 4 heteroatoms. The van der Waals surface area contributed by atoms with Gasteiger partial charge >= 0.3 is 0 Å². The van der Waals surface area contributed by atoms with Gasteiger partial charge in [-0.05, 0) is 59.6 Å². The SMILES string of the molecule is CC1(c2nc3cnccc3n2C(C)(C)C)CCCCN1. The van der Waals surface area contributed by atoms with Crippen LogP contribution in [0.15, 0.2) is 18.5 Å². The van der Waals surface area contributed by atoms with Gasteiger partial charge in [0, 0.05) is 11.7 Å². The van der Waals surface area contributed by atoms with Crippen molar-refractivity contribution >= 4 is 11.0 Å². The molecule has 2 aromatic rings. The molecule has 3 rings (SSSR count). The van der Waals surface area contributed by atoms with E-state index in [1.807, 2.05) is 12.4 Å². The fourth-order valence-electron chi connectivity index (χ4n) is 3.23. The summed E-state index contributed by atoms with van der Waals surface area (Å²) in [6.07, 6.45) is 7.38. The van der Waals surface area contributed by atoms with Crippen molar-refractivity contribution in [1.29, 1.82) is 0 Å². The highest BCUT2D eigenvalue weighted by Crippen LogP contribution is 2.35. The molecule has 0 radical (unpaired) electrons. The van der Waals surface area contributed by atoms with Crippen molar-refractivity contribution in [2.24, 2.45) is 0 Å². The number of nitrogens with one attached hydrogen (secondary N) is 1. The van der Waals surface area contributed by atoms with Crippen LogP contribution in [0.5, 0.6) is 0 Å². The van der Waals surface area contributed by atoms with Gasteiger partial charge in [0.2, 0.25) is 0 Å². The first-order valence-corrected chi connectivity index (χ1v) is 7.50. The number of piperidine rings is 1. The molecule has 20 heavy (non-hydrogen) atoms. The van der Waals surface area contributed by atoms with Crippen molar-refractivity contribution in [3.05, 3.63) is 24.3 Å². The molecule has 1 saturated heterocycles. The van der Waals surface area contributed by atoms with Gasteiger partial charge in [0.1, 0.15) is 11.3 Å². The first-order chi connectivity index (χ1) is 9.42. The van der Waals surface area contributed by atoms with Crippen LogP contribution in [0.25, 0.3) is 11.0 Å². The van der Waals surface area contributed by atoms with Crippen molar-refractivity contribution in [2.45, 2.75) is 58.0 Å². The monoisotopic (exact) mass is 272 g/mol. The van der Waals surface area contributed by atoms with Crippen LogP contribution in [0.2, 0.25) is 0 Å². The maximum atomic E-state index is 4.91. The molecule has 1 atom stereocenters. The van der Waals surface area contributed by atoms with Crippen molar-refractivity contribution < 1.29 is 0 Å². The van der Waals surface area contributed by atoms with Crippen molar-refractivity contribution in [1.82, 2.24) is 19.9 Å². The quantitative estimate of drug-likeness (QED) is 0.867. The Bertz CT molecular complexity index is 615. The Morgan fingerprint density at radius 1 is 1.30 bits per heavy atom. The number of imidazole rings is 1. The van der Waals surface area contributed by atoms with Crippen LogP contribution in [0.1, 0.15) is 52.8 Å². The van der Waals surface area contributed by atoms with Crippen LogP contribution in [-0.4, -0.2) is 21.1 Å². The molecule has 0 amide bonds. The molecule has 2 aromatic heterocycles. The smallest absolute Gasteiger partial charge is 0.130 e. The van der Waals surface area contributed by atoms with E-state index in [0.29, 0.717) is 0 Å². The van der Waals surface area contributed by atoms with Crippen molar-refractivity contribution in [2.75, 3.05) is 6.54 Å². The van der Waals surface area contributed by atoms with Gasteiger partial charge in [-0.1, -0.05) is 0 Å². The number of hydrogen-bond acceptors (Lipinski definition) is 3. The Balaban J connectivity index is 2.24. The Morgan fingerprint density at radius 2 is 2.10 bits per heavy atom. The summed E-state index contributed by atoms with van der Waals surface area (Å²) in [5.41, 5.74) is 2.14. The minimum Gasteiger partial charge on any atom is -0.321 e. The predicted octanol–water partition coefficient (Wildman–Crippen LogP) is 3.18. The summed E-state index contributed by atoms with van der Waals surface area (Å²) in [6.45, 7) is 10.1. The average Bonchev–Trinajstić information content (AvgIpc) is 2.79. The predicted molar refractivity (Wildman–Crippen MR) is 81.7 cm³/mol. The van der Waals surface area contributed by atoms with Crippen LogP contribution >= 0.6 is 0 Å². The summed E-state index contributed by atoms with van der Waals surface area (Å²) < 4.78 is 2.38. The van der Waals surface area contributed by atoms with Gasteiger partial charge in [-0.2, -0.15) is 0 Å². The molecule has 1 N–H and O–H groups in total. The standard InChI is InChI=1S/C16H24N4/c1-15(2,3)20-13-7-10-17-11-12(13)19-14(20)16(4)8-5-6-9-18-16/h7,10-11,18H,5-6,8-9H2,1-4H3. The van der Waals surface area contributed by atoms with Crippen LogP contribution in [0, 0.1) is 0 Å². The Kier molecular flexibility index (Phi) is 3.09. The summed E-state index contributed by atoms with van der Waals surface area (Å²) in [6, 6.07) is 2.07. The third kappa shape index (κ3) is 2.12. The van der Waals surface area contributed by atoms with E-state index in [9.17, 15) is 0 Å². The number of aromatic nitrogens is 3. The fourth-order valence-corrected chi connectivity index (χ4v) is 3.23. The van der Waals surface area contributed by atoms with E-state index >= 15 is 0 Å². The van der Waals surface area contributed by atoms with Crippen LogP contribution in [0.3, 0.4) is 0 Å². The van der Waals surface area contributed by atoms with E-state index in [2.05, 4.69) is 48.6 Å². The number of rotatable bonds is 1. The van der Waals surface area contributed by atoms with Gasteiger partial charge in [-0.25, -0.2) is 4.98 Å². The Labute approximate surface area is 120 Å². The van der Waals surface area contributed by atoms with E-state index in [0.717, 1.165) is 24.3 Å². The molecule has 0 aromatic carbocycles. The first-order valence-electron chi connectivity index (χ1n) is 7.50. The second-order valence-corrected chi connectivity index (χ2v) is 7.02. The molecule has 3 heterocycles. The number of hydrogen-bond donors (Lipinski definition) is 1. The normalized spacial score (nSPS) is 24.2. The van der Waals surface area contributed by atoms with E-state index < -0.39 is 0 Å². The lowest BCUT2D eigenvalue weighted by Crippen LogP contribution is -2.46. The zero-order valence-electron chi connectivity index (χ0n) is 12.9. The lowest BCUT2D eigenvalue weighted by atomic mass is 9.89. The second kappa shape index (κ2) is 4.55. The Hall–Kier alpha value is -1.42. The minimum absolute atomic E-state index is 0.00751. The molecule has 0 aliphatic carbocycles. The second-order valence-electron chi connectivity index (χ2n) is 7.02.